The molecule has 0 unspecified atom stereocenters. The monoisotopic (exact) mass is 728 g/mol. The summed E-state index contributed by atoms with van der Waals surface area (Å²) in [5.74, 6) is 0. The number of rotatable bonds is 7. The quantitative estimate of drug-likeness (QED) is 0.163. The molecule has 0 spiro atoms. The largest absolute Gasteiger partial charge is 0.455 e. The first kappa shape index (κ1) is 32.8. The van der Waals surface area contributed by atoms with E-state index in [4.69, 9.17) is 4.42 Å². The zero-order valence-corrected chi connectivity index (χ0v) is 31.1. The van der Waals surface area contributed by atoms with E-state index in [9.17, 15) is 0 Å². The summed E-state index contributed by atoms with van der Waals surface area (Å²) in [4.78, 5) is 2.46. The van der Waals surface area contributed by atoms with E-state index in [1.165, 1.54) is 16.3 Å². The standard InChI is InChI=1S/C54H36N2O/c1-4-18-37(19-5-1)41-24-10-13-29-48(41)56(51-32-17-31-50-53(51)46-26-11-14-30-49(46)55(50)39-22-8-3-9-23-39)40-34-35-42(47(36-40)38-20-6-2-7-21-38)44-27-16-28-45-43-25-12-15-33-52(43)57-54(44)45/h1-36H. The Kier molecular flexibility index (Phi) is 7.82. The number of benzene rings is 9. The molecular weight excluding hydrogens is 693 g/mol. The van der Waals surface area contributed by atoms with Gasteiger partial charge in [-0.15, -0.1) is 0 Å². The van der Waals surface area contributed by atoms with Crippen molar-refractivity contribution >= 4 is 60.8 Å². The summed E-state index contributed by atoms with van der Waals surface area (Å²) < 4.78 is 9.02. The Morgan fingerprint density at radius 1 is 0.368 bits per heavy atom. The van der Waals surface area contributed by atoms with E-state index in [2.05, 4.69) is 222 Å². The van der Waals surface area contributed by atoms with Gasteiger partial charge in [0.05, 0.1) is 22.4 Å². The van der Waals surface area contributed by atoms with Gasteiger partial charge in [0.2, 0.25) is 0 Å². The maximum atomic E-state index is 6.63. The molecule has 0 saturated carbocycles. The van der Waals surface area contributed by atoms with Crippen molar-refractivity contribution in [1.82, 2.24) is 4.57 Å². The van der Waals surface area contributed by atoms with Crippen LogP contribution in [0.1, 0.15) is 0 Å². The number of anilines is 3. The van der Waals surface area contributed by atoms with Gasteiger partial charge in [0.15, 0.2) is 0 Å². The average molecular weight is 729 g/mol. The van der Waals surface area contributed by atoms with Crippen LogP contribution in [-0.4, -0.2) is 4.57 Å². The van der Waals surface area contributed by atoms with Crippen molar-refractivity contribution in [3.63, 3.8) is 0 Å². The maximum Gasteiger partial charge on any atom is 0.143 e. The predicted octanol–water partition coefficient (Wildman–Crippen LogP) is 15.2. The number of hydrogen-bond donors (Lipinski definition) is 0. The van der Waals surface area contributed by atoms with Gasteiger partial charge in [-0.3, -0.25) is 0 Å². The molecule has 11 rings (SSSR count). The smallest absolute Gasteiger partial charge is 0.143 e. The summed E-state index contributed by atoms with van der Waals surface area (Å²) >= 11 is 0. The molecule has 2 aromatic heterocycles. The minimum Gasteiger partial charge on any atom is -0.455 e. The minimum atomic E-state index is 0.893. The van der Waals surface area contributed by atoms with Crippen LogP contribution in [-0.2, 0) is 0 Å². The lowest BCUT2D eigenvalue weighted by atomic mass is 9.92. The highest BCUT2D eigenvalue weighted by Gasteiger charge is 2.24. The summed E-state index contributed by atoms with van der Waals surface area (Å²) in [6.07, 6.45) is 0. The number of aromatic nitrogens is 1. The third-order valence-corrected chi connectivity index (χ3v) is 11.2. The Morgan fingerprint density at radius 2 is 0.947 bits per heavy atom. The molecule has 3 nitrogen and oxygen atoms in total. The topological polar surface area (TPSA) is 21.3 Å². The fourth-order valence-electron chi connectivity index (χ4n) is 8.70. The summed E-state index contributed by atoms with van der Waals surface area (Å²) in [7, 11) is 0. The van der Waals surface area contributed by atoms with Crippen LogP contribution < -0.4 is 4.90 Å². The first-order valence-corrected chi connectivity index (χ1v) is 19.4. The molecule has 0 radical (unpaired) electrons. The van der Waals surface area contributed by atoms with Crippen LogP contribution in [0, 0.1) is 0 Å². The average Bonchev–Trinajstić information content (AvgIpc) is 3.84. The van der Waals surface area contributed by atoms with Crippen molar-refractivity contribution in [3.8, 4) is 39.1 Å². The first-order valence-electron chi connectivity index (χ1n) is 19.4. The molecule has 0 aliphatic carbocycles. The maximum absolute atomic E-state index is 6.63. The van der Waals surface area contributed by atoms with Crippen molar-refractivity contribution in [2.24, 2.45) is 0 Å². The van der Waals surface area contributed by atoms with Crippen LogP contribution in [0.3, 0.4) is 0 Å². The number of fused-ring (bicyclic) bond motifs is 6. The molecule has 9 aromatic carbocycles. The summed E-state index contributed by atoms with van der Waals surface area (Å²) in [6, 6.07) is 78.1. The van der Waals surface area contributed by atoms with Crippen molar-refractivity contribution < 1.29 is 4.42 Å². The summed E-state index contributed by atoms with van der Waals surface area (Å²) in [5, 5.41) is 4.63. The molecule has 3 heteroatoms. The van der Waals surface area contributed by atoms with E-state index >= 15 is 0 Å². The second-order valence-electron chi connectivity index (χ2n) is 14.5. The van der Waals surface area contributed by atoms with Gasteiger partial charge in [-0.05, 0) is 76.9 Å². The second-order valence-corrected chi connectivity index (χ2v) is 14.5. The molecule has 0 saturated heterocycles. The first-order chi connectivity index (χ1) is 28.3. The molecule has 11 aromatic rings. The Morgan fingerprint density at radius 3 is 1.75 bits per heavy atom. The van der Waals surface area contributed by atoms with Gasteiger partial charge in [-0.2, -0.15) is 0 Å². The van der Waals surface area contributed by atoms with Crippen LogP contribution in [0.4, 0.5) is 17.1 Å². The van der Waals surface area contributed by atoms with E-state index in [0.29, 0.717) is 0 Å². The SMILES string of the molecule is c1ccc(-c2cc(N(c3ccccc3-c3ccccc3)c3cccc4c3c3ccccc3n4-c3ccccc3)ccc2-c2cccc3c2oc2ccccc23)cc1. The highest BCUT2D eigenvalue weighted by atomic mass is 16.3. The summed E-state index contributed by atoms with van der Waals surface area (Å²) in [5.41, 5.74) is 15.3. The van der Waals surface area contributed by atoms with Gasteiger partial charge >= 0.3 is 0 Å². The number of para-hydroxylation sites is 5. The number of hydrogen-bond acceptors (Lipinski definition) is 2. The third-order valence-electron chi connectivity index (χ3n) is 11.2. The second kappa shape index (κ2) is 13.6. The zero-order chi connectivity index (χ0) is 37.7. The molecule has 0 atom stereocenters. The molecular formula is C54H36N2O. The molecule has 0 fully saturated rings. The van der Waals surface area contributed by atoms with E-state index < -0.39 is 0 Å². The van der Waals surface area contributed by atoms with E-state index in [1.54, 1.807) is 0 Å². The van der Waals surface area contributed by atoms with Crippen LogP contribution in [0.25, 0.3) is 82.8 Å². The molecule has 57 heavy (non-hydrogen) atoms. The molecule has 0 amide bonds. The van der Waals surface area contributed by atoms with Crippen LogP contribution in [0.2, 0.25) is 0 Å². The summed E-state index contributed by atoms with van der Waals surface area (Å²) in [6.45, 7) is 0. The number of nitrogens with zero attached hydrogens (tertiary/aromatic N) is 2. The van der Waals surface area contributed by atoms with Gasteiger partial charge in [0.25, 0.3) is 0 Å². The van der Waals surface area contributed by atoms with Crippen molar-refractivity contribution in [1.29, 1.82) is 0 Å². The van der Waals surface area contributed by atoms with Crippen molar-refractivity contribution in [2.75, 3.05) is 4.90 Å². The van der Waals surface area contributed by atoms with E-state index in [0.717, 1.165) is 83.6 Å². The Labute approximate surface area is 330 Å². The van der Waals surface area contributed by atoms with Gasteiger partial charge in [0.1, 0.15) is 11.2 Å². The van der Waals surface area contributed by atoms with Crippen LogP contribution in [0.15, 0.2) is 223 Å². The highest BCUT2D eigenvalue weighted by molar-refractivity contribution is 6.17. The lowest BCUT2D eigenvalue weighted by Gasteiger charge is -2.29. The van der Waals surface area contributed by atoms with E-state index in [-0.39, 0.29) is 0 Å². The van der Waals surface area contributed by atoms with Gasteiger partial charge in [-0.25, -0.2) is 0 Å². The minimum absolute atomic E-state index is 0.893. The predicted molar refractivity (Wildman–Crippen MR) is 239 cm³/mol. The fraction of sp³-hybridized carbons (Fsp3) is 0. The highest BCUT2D eigenvalue weighted by Crippen LogP contribution is 2.49. The van der Waals surface area contributed by atoms with Gasteiger partial charge in [0, 0.05) is 44.0 Å². The van der Waals surface area contributed by atoms with Crippen molar-refractivity contribution in [3.05, 3.63) is 218 Å². The zero-order valence-electron chi connectivity index (χ0n) is 31.1. The Balaban J connectivity index is 1.22. The lowest BCUT2D eigenvalue weighted by molar-refractivity contribution is 0.670. The number of furan rings is 1. The third kappa shape index (κ3) is 5.43. The van der Waals surface area contributed by atoms with E-state index in [1.807, 2.05) is 6.07 Å². The molecule has 0 N–H and O–H groups in total. The van der Waals surface area contributed by atoms with Gasteiger partial charge < -0.3 is 13.9 Å². The molecule has 2 heterocycles. The normalized spacial score (nSPS) is 11.5. The van der Waals surface area contributed by atoms with Crippen molar-refractivity contribution in [2.45, 2.75) is 0 Å². The van der Waals surface area contributed by atoms with Crippen LogP contribution in [0.5, 0.6) is 0 Å². The Hall–Kier alpha value is -7.62. The van der Waals surface area contributed by atoms with Gasteiger partial charge in [-0.1, -0.05) is 164 Å². The molecule has 268 valence electrons. The lowest BCUT2D eigenvalue weighted by Crippen LogP contribution is -2.12. The fourth-order valence-corrected chi connectivity index (χ4v) is 8.70. The van der Waals surface area contributed by atoms with Crippen LogP contribution >= 0.6 is 0 Å². The Bertz CT molecular complexity index is 3230. The molecule has 0 aliphatic rings. The molecule has 0 bridgehead atoms. The molecule has 0 aliphatic heterocycles.